The number of halogens is 2. The minimum Gasteiger partial charge on any atom is -0.352 e. The Morgan fingerprint density at radius 1 is 0.795 bits per heavy atom. The number of sulfonamides is 1. The Bertz CT molecular complexity index is 1650. The summed E-state index contributed by atoms with van der Waals surface area (Å²) in [5.74, 6) is -0.887. The van der Waals surface area contributed by atoms with Gasteiger partial charge in [0.15, 0.2) is 0 Å². The molecule has 2 atom stereocenters. The van der Waals surface area contributed by atoms with Gasteiger partial charge in [0.2, 0.25) is 11.8 Å². The molecule has 44 heavy (non-hydrogen) atoms. The molecule has 4 aromatic rings. The molecule has 2 amide bonds. The summed E-state index contributed by atoms with van der Waals surface area (Å²) in [6.07, 6.45) is 0.924. The van der Waals surface area contributed by atoms with Crippen LogP contribution in [0.15, 0.2) is 114 Å². The summed E-state index contributed by atoms with van der Waals surface area (Å²) in [5, 5.41) is 3.92. The SMILES string of the molecule is CC[C@H](C)NC(=O)[C@@H](Cc1ccccc1)N(Cc1cccc(Cl)c1)C(=O)CN(c1ccc(Cl)cc1)S(=O)(=O)c1ccccc1. The summed E-state index contributed by atoms with van der Waals surface area (Å²) in [4.78, 5) is 29.8. The quantitative estimate of drug-likeness (QED) is 0.173. The first-order valence-corrected chi connectivity index (χ1v) is 16.5. The fourth-order valence-electron chi connectivity index (χ4n) is 4.68. The third kappa shape index (κ3) is 8.62. The standard InChI is InChI=1S/C34H35Cl2N3O4S/c1-3-25(2)37-34(41)32(22-26-11-6-4-7-12-26)38(23-27-13-10-14-29(36)21-27)33(40)24-39(30-19-17-28(35)18-20-30)44(42,43)31-15-8-5-9-16-31/h4-21,25,32H,3,22-24H2,1-2H3,(H,37,41)/t25-,32+/m0/s1. The van der Waals surface area contributed by atoms with Crippen LogP contribution in [0.1, 0.15) is 31.4 Å². The number of carbonyl (C=O) groups is 2. The molecule has 0 aliphatic heterocycles. The summed E-state index contributed by atoms with van der Waals surface area (Å²) < 4.78 is 29.0. The molecule has 0 aliphatic rings. The predicted octanol–water partition coefficient (Wildman–Crippen LogP) is 6.74. The van der Waals surface area contributed by atoms with Crippen LogP contribution in [0, 0.1) is 0 Å². The van der Waals surface area contributed by atoms with Gasteiger partial charge in [-0.05, 0) is 73.0 Å². The smallest absolute Gasteiger partial charge is 0.264 e. The van der Waals surface area contributed by atoms with E-state index >= 15 is 0 Å². The van der Waals surface area contributed by atoms with E-state index in [-0.39, 0.29) is 35.5 Å². The zero-order valence-corrected chi connectivity index (χ0v) is 26.9. The van der Waals surface area contributed by atoms with Crippen molar-refractivity contribution in [3.8, 4) is 0 Å². The fraction of sp³-hybridized carbons (Fsp3) is 0.235. The minimum atomic E-state index is -4.18. The summed E-state index contributed by atoms with van der Waals surface area (Å²) in [5.41, 5.74) is 1.81. The lowest BCUT2D eigenvalue weighted by atomic mass is 10.0. The van der Waals surface area contributed by atoms with Crippen LogP contribution in [0.5, 0.6) is 0 Å². The first-order valence-electron chi connectivity index (χ1n) is 14.3. The largest absolute Gasteiger partial charge is 0.352 e. The molecular formula is C34H35Cl2N3O4S. The molecule has 4 aromatic carbocycles. The van der Waals surface area contributed by atoms with Crippen molar-refractivity contribution in [1.29, 1.82) is 0 Å². The lowest BCUT2D eigenvalue weighted by molar-refractivity contribution is -0.140. The van der Waals surface area contributed by atoms with Gasteiger partial charge in [-0.1, -0.05) is 90.8 Å². The summed E-state index contributed by atoms with van der Waals surface area (Å²) >= 11 is 12.4. The molecule has 0 fully saturated rings. The number of carbonyl (C=O) groups excluding carboxylic acids is 2. The van der Waals surface area contributed by atoms with Crippen molar-refractivity contribution >= 4 is 50.7 Å². The van der Waals surface area contributed by atoms with Gasteiger partial charge in [0.1, 0.15) is 12.6 Å². The van der Waals surface area contributed by atoms with Crippen molar-refractivity contribution in [2.45, 2.75) is 50.2 Å². The lowest BCUT2D eigenvalue weighted by Gasteiger charge is -2.34. The molecule has 0 unspecified atom stereocenters. The van der Waals surface area contributed by atoms with E-state index in [1.165, 1.54) is 17.0 Å². The van der Waals surface area contributed by atoms with E-state index in [0.29, 0.717) is 22.0 Å². The Labute approximate surface area is 269 Å². The molecule has 0 spiro atoms. The van der Waals surface area contributed by atoms with Crippen molar-refractivity contribution < 1.29 is 18.0 Å². The van der Waals surface area contributed by atoms with Crippen LogP contribution in [0.4, 0.5) is 5.69 Å². The molecule has 10 heteroatoms. The molecule has 230 valence electrons. The Morgan fingerprint density at radius 3 is 2.02 bits per heavy atom. The van der Waals surface area contributed by atoms with Crippen molar-refractivity contribution in [2.24, 2.45) is 0 Å². The molecule has 0 bridgehead atoms. The van der Waals surface area contributed by atoms with Gasteiger partial charge in [0, 0.05) is 29.1 Å². The molecule has 7 nitrogen and oxygen atoms in total. The Kier molecular flexibility index (Phi) is 11.4. The third-order valence-corrected chi connectivity index (χ3v) is 9.51. The van der Waals surface area contributed by atoms with Crippen LogP contribution in [-0.4, -0.2) is 43.8 Å². The highest BCUT2D eigenvalue weighted by Gasteiger charge is 2.35. The van der Waals surface area contributed by atoms with Gasteiger partial charge in [-0.15, -0.1) is 0 Å². The number of rotatable bonds is 13. The molecule has 0 radical (unpaired) electrons. The summed E-state index contributed by atoms with van der Waals surface area (Å²) in [6, 6.07) is 29.5. The number of nitrogens with zero attached hydrogens (tertiary/aromatic N) is 2. The monoisotopic (exact) mass is 651 g/mol. The summed E-state index contributed by atoms with van der Waals surface area (Å²) in [7, 11) is -4.18. The zero-order chi connectivity index (χ0) is 31.7. The second-order valence-electron chi connectivity index (χ2n) is 10.5. The average molecular weight is 653 g/mol. The number of hydrogen-bond acceptors (Lipinski definition) is 4. The van der Waals surface area contributed by atoms with Gasteiger partial charge in [-0.25, -0.2) is 8.42 Å². The lowest BCUT2D eigenvalue weighted by Crippen LogP contribution is -2.54. The molecular weight excluding hydrogens is 617 g/mol. The predicted molar refractivity (Wildman–Crippen MR) is 176 cm³/mol. The van der Waals surface area contributed by atoms with E-state index in [4.69, 9.17) is 23.2 Å². The van der Waals surface area contributed by atoms with Crippen molar-refractivity contribution in [3.05, 3.63) is 130 Å². The second kappa shape index (κ2) is 15.2. The van der Waals surface area contributed by atoms with Gasteiger partial charge < -0.3 is 10.2 Å². The number of amides is 2. The van der Waals surface area contributed by atoms with E-state index in [1.54, 1.807) is 60.7 Å². The number of benzene rings is 4. The highest BCUT2D eigenvalue weighted by Crippen LogP contribution is 2.26. The van der Waals surface area contributed by atoms with E-state index in [2.05, 4.69) is 5.32 Å². The fourth-order valence-corrected chi connectivity index (χ4v) is 6.46. The van der Waals surface area contributed by atoms with Crippen LogP contribution in [0.3, 0.4) is 0 Å². The minimum absolute atomic E-state index is 0.0273. The normalized spacial score (nSPS) is 12.6. The maximum absolute atomic E-state index is 14.4. The molecule has 0 saturated heterocycles. The van der Waals surface area contributed by atoms with Crippen LogP contribution in [0.25, 0.3) is 0 Å². The van der Waals surface area contributed by atoms with Crippen molar-refractivity contribution in [1.82, 2.24) is 10.2 Å². The van der Waals surface area contributed by atoms with Gasteiger partial charge in [0.05, 0.1) is 10.6 Å². The van der Waals surface area contributed by atoms with Gasteiger partial charge >= 0.3 is 0 Å². The Hall–Kier alpha value is -3.85. The molecule has 1 N–H and O–H groups in total. The number of anilines is 1. The van der Waals surface area contributed by atoms with E-state index < -0.39 is 28.5 Å². The maximum Gasteiger partial charge on any atom is 0.264 e. The topological polar surface area (TPSA) is 86.8 Å². The van der Waals surface area contributed by atoms with Crippen LogP contribution in [0.2, 0.25) is 10.0 Å². The Morgan fingerprint density at radius 2 is 1.41 bits per heavy atom. The Balaban J connectivity index is 1.80. The molecule has 4 rings (SSSR count). The molecule has 0 aliphatic carbocycles. The first kappa shape index (κ1) is 33.1. The van der Waals surface area contributed by atoms with Gasteiger partial charge in [0.25, 0.3) is 10.0 Å². The number of nitrogens with one attached hydrogen (secondary N) is 1. The van der Waals surface area contributed by atoms with Crippen molar-refractivity contribution in [2.75, 3.05) is 10.8 Å². The number of hydrogen-bond donors (Lipinski definition) is 1. The van der Waals surface area contributed by atoms with Crippen LogP contribution < -0.4 is 9.62 Å². The second-order valence-corrected chi connectivity index (χ2v) is 13.2. The van der Waals surface area contributed by atoms with E-state index in [1.807, 2.05) is 50.2 Å². The zero-order valence-electron chi connectivity index (χ0n) is 24.6. The highest BCUT2D eigenvalue weighted by atomic mass is 35.5. The van der Waals surface area contributed by atoms with Crippen LogP contribution in [-0.2, 0) is 32.6 Å². The van der Waals surface area contributed by atoms with Crippen molar-refractivity contribution in [3.63, 3.8) is 0 Å². The average Bonchev–Trinajstić information content (AvgIpc) is 3.02. The van der Waals surface area contributed by atoms with E-state index in [9.17, 15) is 18.0 Å². The summed E-state index contributed by atoms with van der Waals surface area (Å²) in [6.45, 7) is 3.34. The molecule has 0 aromatic heterocycles. The maximum atomic E-state index is 14.4. The third-order valence-electron chi connectivity index (χ3n) is 7.24. The highest BCUT2D eigenvalue weighted by molar-refractivity contribution is 7.92. The van der Waals surface area contributed by atoms with Crippen LogP contribution >= 0.6 is 23.2 Å². The van der Waals surface area contributed by atoms with E-state index in [0.717, 1.165) is 9.87 Å². The molecule has 0 heterocycles. The molecule has 0 saturated carbocycles. The van der Waals surface area contributed by atoms with Gasteiger partial charge in [-0.3, -0.25) is 13.9 Å². The van der Waals surface area contributed by atoms with Gasteiger partial charge in [-0.2, -0.15) is 0 Å². The first-order chi connectivity index (χ1) is 21.1.